The van der Waals surface area contributed by atoms with Crippen molar-refractivity contribution in [3.63, 3.8) is 0 Å². The van der Waals surface area contributed by atoms with E-state index in [1.165, 1.54) is 19.2 Å². The Morgan fingerprint density at radius 3 is 2.67 bits per heavy atom. The highest BCUT2D eigenvalue weighted by Gasteiger charge is 2.18. The quantitative estimate of drug-likeness (QED) is 0.537. The third-order valence-corrected chi connectivity index (χ3v) is 3.86. The molecule has 0 saturated carbocycles. The molecule has 0 spiro atoms. The molecule has 1 atom stereocenters. The summed E-state index contributed by atoms with van der Waals surface area (Å²) in [7, 11) is -2.04. The molecule has 0 radical (unpaired) electrons. The largest absolute Gasteiger partial charge is 0.391 e. The van der Waals surface area contributed by atoms with Crippen molar-refractivity contribution >= 4 is 21.2 Å². The van der Waals surface area contributed by atoms with Crippen LogP contribution < -0.4 is 5.32 Å². The van der Waals surface area contributed by atoms with Crippen LogP contribution in [0.5, 0.6) is 0 Å². The predicted octanol–water partition coefficient (Wildman–Crippen LogP) is 0.808. The number of nitrogens with zero attached hydrogens (tertiary/aromatic N) is 1. The molecule has 118 valence electrons. The lowest BCUT2D eigenvalue weighted by Crippen LogP contribution is -2.18. The van der Waals surface area contributed by atoms with Crippen LogP contribution in [0.15, 0.2) is 23.1 Å². The van der Waals surface area contributed by atoms with Gasteiger partial charge in [-0.25, -0.2) is 8.42 Å². The van der Waals surface area contributed by atoms with Crippen molar-refractivity contribution in [2.45, 2.75) is 17.4 Å². The summed E-state index contributed by atoms with van der Waals surface area (Å²) >= 11 is 0. The van der Waals surface area contributed by atoms with Gasteiger partial charge in [-0.2, -0.15) is 0 Å². The lowest BCUT2D eigenvalue weighted by molar-refractivity contribution is -0.384. The molecule has 0 aliphatic carbocycles. The van der Waals surface area contributed by atoms with Crippen LogP contribution in [-0.2, 0) is 14.6 Å². The minimum Gasteiger partial charge on any atom is -0.391 e. The van der Waals surface area contributed by atoms with Crippen molar-refractivity contribution in [2.75, 3.05) is 31.8 Å². The monoisotopic (exact) mass is 318 g/mol. The van der Waals surface area contributed by atoms with Crippen molar-refractivity contribution in [1.29, 1.82) is 0 Å². The Morgan fingerprint density at radius 1 is 1.48 bits per heavy atom. The van der Waals surface area contributed by atoms with E-state index in [0.717, 1.165) is 12.3 Å². The Bertz CT molecular complexity index is 602. The number of nitrogens with one attached hydrogen (secondary N) is 1. The second-order valence-corrected chi connectivity index (χ2v) is 6.55. The second-order valence-electron chi connectivity index (χ2n) is 4.53. The summed E-state index contributed by atoms with van der Waals surface area (Å²) in [5, 5.41) is 23.3. The van der Waals surface area contributed by atoms with Gasteiger partial charge in [0.1, 0.15) is 5.69 Å². The highest BCUT2D eigenvalue weighted by atomic mass is 32.2. The van der Waals surface area contributed by atoms with Crippen LogP contribution in [0.2, 0.25) is 0 Å². The van der Waals surface area contributed by atoms with E-state index >= 15 is 0 Å². The molecule has 0 amide bonds. The Balaban J connectivity index is 2.85. The number of methoxy groups -OCH3 is 1. The van der Waals surface area contributed by atoms with Crippen LogP contribution in [0.1, 0.15) is 6.42 Å². The Morgan fingerprint density at radius 2 is 2.14 bits per heavy atom. The van der Waals surface area contributed by atoms with Gasteiger partial charge in [-0.1, -0.05) is 0 Å². The topological polar surface area (TPSA) is 119 Å². The van der Waals surface area contributed by atoms with Gasteiger partial charge in [0.05, 0.1) is 22.5 Å². The van der Waals surface area contributed by atoms with Gasteiger partial charge in [0.2, 0.25) is 0 Å². The number of benzene rings is 1. The molecule has 1 unspecified atom stereocenters. The molecule has 0 aliphatic rings. The maximum atomic E-state index is 11.4. The third-order valence-electron chi connectivity index (χ3n) is 2.75. The molecule has 0 heterocycles. The van der Waals surface area contributed by atoms with E-state index in [1.807, 2.05) is 0 Å². The number of rotatable bonds is 8. The maximum Gasteiger partial charge on any atom is 0.293 e. The fourth-order valence-electron chi connectivity index (χ4n) is 1.69. The van der Waals surface area contributed by atoms with Gasteiger partial charge in [-0.3, -0.25) is 10.1 Å². The number of aliphatic hydroxyl groups is 1. The highest BCUT2D eigenvalue weighted by molar-refractivity contribution is 7.90. The molecule has 8 nitrogen and oxygen atoms in total. The van der Waals surface area contributed by atoms with Crippen molar-refractivity contribution in [1.82, 2.24) is 0 Å². The standard InChI is InChI=1S/C12H18N2O6S/c1-20-8-9(15)5-6-13-11-4-3-10(21(2,18)19)7-12(11)14(16)17/h3-4,7,9,13,15H,5-6,8H2,1-2H3. The third kappa shape index (κ3) is 5.29. The first-order valence-electron chi connectivity index (χ1n) is 6.15. The van der Waals surface area contributed by atoms with E-state index in [1.54, 1.807) is 0 Å². The fraction of sp³-hybridized carbons (Fsp3) is 0.500. The van der Waals surface area contributed by atoms with Crippen molar-refractivity contribution < 1.29 is 23.2 Å². The van der Waals surface area contributed by atoms with Crippen LogP contribution in [0, 0.1) is 10.1 Å². The summed E-state index contributed by atoms with van der Waals surface area (Å²) in [6, 6.07) is 3.66. The number of hydrogen-bond donors (Lipinski definition) is 2. The zero-order valence-corrected chi connectivity index (χ0v) is 12.6. The fourth-order valence-corrected chi connectivity index (χ4v) is 2.33. The van der Waals surface area contributed by atoms with E-state index in [2.05, 4.69) is 5.32 Å². The number of aliphatic hydroxyl groups excluding tert-OH is 1. The van der Waals surface area contributed by atoms with Gasteiger partial charge in [0.15, 0.2) is 9.84 Å². The molecule has 9 heteroatoms. The number of sulfone groups is 1. The second kappa shape index (κ2) is 7.34. The van der Waals surface area contributed by atoms with Gasteiger partial charge in [-0.15, -0.1) is 0 Å². The first-order valence-corrected chi connectivity index (χ1v) is 8.04. The molecule has 0 aromatic heterocycles. The molecule has 0 bridgehead atoms. The zero-order valence-electron chi connectivity index (χ0n) is 11.8. The summed E-state index contributed by atoms with van der Waals surface area (Å²) < 4.78 is 27.6. The lowest BCUT2D eigenvalue weighted by atomic mass is 10.2. The summed E-state index contributed by atoms with van der Waals surface area (Å²) in [6.45, 7) is 0.473. The number of anilines is 1. The first kappa shape index (κ1) is 17.3. The molecule has 0 fully saturated rings. The SMILES string of the molecule is COCC(O)CCNc1ccc(S(C)(=O)=O)cc1[N+](=O)[O-]. The summed E-state index contributed by atoms with van der Waals surface area (Å²) in [4.78, 5) is 10.2. The lowest BCUT2D eigenvalue weighted by Gasteiger charge is -2.11. The van der Waals surface area contributed by atoms with Crippen molar-refractivity contribution in [3.05, 3.63) is 28.3 Å². The van der Waals surface area contributed by atoms with Crippen LogP contribution in [-0.4, -0.2) is 51.1 Å². The van der Waals surface area contributed by atoms with Gasteiger partial charge in [0.25, 0.3) is 5.69 Å². The molecule has 0 aliphatic heterocycles. The van der Waals surface area contributed by atoms with Crippen molar-refractivity contribution in [3.8, 4) is 0 Å². The predicted molar refractivity (Wildman–Crippen MR) is 77.2 cm³/mol. The summed E-state index contributed by atoms with van der Waals surface area (Å²) in [5.74, 6) is 0. The minimum absolute atomic E-state index is 0.112. The minimum atomic E-state index is -3.51. The first-order chi connectivity index (χ1) is 9.75. The van der Waals surface area contributed by atoms with Gasteiger partial charge in [-0.05, 0) is 18.6 Å². The van der Waals surface area contributed by atoms with Gasteiger partial charge < -0.3 is 15.2 Å². The van der Waals surface area contributed by atoms with Gasteiger partial charge >= 0.3 is 0 Å². The van der Waals surface area contributed by atoms with Gasteiger partial charge in [0, 0.05) is 26.0 Å². The Labute approximate surface area is 122 Å². The molecule has 1 rings (SSSR count). The normalized spacial score (nSPS) is 12.9. The molecule has 1 aromatic rings. The number of nitro benzene ring substituents is 1. The van der Waals surface area contributed by atoms with E-state index < -0.39 is 20.9 Å². The molecule has 0 saturated heterocycles. The zero-order chi connectivity index (χ0) is 16.0. The Hall–Kier alpha value is -1.71. The molecule has 1 aromatic carbocycles. The molecular weight excluding hydrogens is 300 g/mol. The molecular formula is C12H18N2O6S. The molecule has 2 N–H and O–H groups in total. The van der Waals surface area contributed by atoms with Crippen LogP contribution in [0.3, 0.4) is 0 Å². The Kier molecular flexibility index (Phi) is 6.06. The molecule has 21 heavy (non-hydrogen) atoms. The maximum absolute atomic E-state index is 11.4. The van der Waals surface area contributed by atoms with E-state index in [0.29, 0.717) is 13.0 Å². The highest BCUT2D eigenvalue weighted by Crippen LogP contribution is 2.27. The smallest absolute Gasteiger partial charge is 0.293 e. The number of nitro groups is 1. The van der Waals surface area contributed by atoms with E-state index in [9.17, 15) is 23.6 Å². The van der Waals surface area contributed by atoms with Crippen molar-refractivity contribution in [2.24, 2.45) is 0 Å². The average Bonchev–Trinajstić information content (AvgIpc) is 2.37. The van der Waals surface area contributed by atoms with E-state index in [-0.39, 0.29) is 22.9 Å². The van der Waals surface area contributed by atoms with Crippen LogP contribution >= 0.6 is 0 Å². The van der Waals surface area contributed by atoms with E-state index in [4.69, 9.17) is 4.74 Å². The van der Waals surface area contributed by atoms with Crippen LogP contribution in [0.4, 0.5) is 11.4 Å². The average molecular weight is 318 g/mol. The van der Waals surface area contributed by atoms with Crippen LogP contribution in [0.25, 0.3) is 0 Å². The summed E-state index contributed by atoms with van der Waals surface area (Å²) in [5.41, 5.74) is -0.115. The number of hydrogen-bond acceptors (Lipinski definition) is 7. The summed E-state index contributed by atoms with van der Waals surface area (Å²) in [6.07, 6.45) is 0.663. The number of ether oxygens (including phenoxy) is 1.